The molecular formula is C31H42N2O4. The zero-order valence-corrected chi connectivity index (χ0v) is 21.9. The van der Waals surface area contributed by atoms with Crippen LogP contribution in [0.15, 0.2) is 72.7 Å². The SMILES string of the molecule is OC(CN1CCCN(CC(Cc2ccccc2)C2=COCO2)CC1)C(O)(c1ccccc1)C1CCCC1. The highest BCUT2D eigenvalue weighted by Gasteiger charge is 2.46. The highest BCUT2D eigenvalue weighted by molar-refractivity contribution is 5.25. The molecule has 3 aliphatic rings. The fourth-order valence-electron chi connectivity index (χ4n) is 6.48. The number of benzene rings is 2. The summed E-state index contributed by atoms with van der Waals surface area (Å²) in [5.74, 6) is 1.28. The number of aliphatic hydroxyl groups is 2. The van der Waals surface area contributed by atoms with Crippen molar-refractivity contribution >= 4 is 0 Å². The minimum atomic E-state index is -1.20. The van der Waals surface area contributed by atoms with Gasteiger partial charge in [-0.2, -0.15) is 0 Å². The van der Waals surface area contributed by atoms with Crippen molar-refractivity contribution in [3.05, 3.63) is 83.8 Å². The Hall–Kier alpha value is -2.38. The predicted octanol–water partition coefficient (Wildman–Crippen LogP) is 4.14. The van der Waals surface area contributed by atoms with Gasteiger partial charge in [0.15, 0.2) is 0 Å². The molecular weight excluding hydrogens is 464 g/mol. The summed E-state index contributed by atoms with van der Waals surface area (Å²) in [5.41, 5.74) is 0.953. The molecule has 2 aromatic carbocycles. The van der Waals surface area contributed by atoms with Crippen molar-refractivity contribution < 1.29 is 19.7 Å². The second-order valence-electron chi connectivity index (χ2n) is 11.0. The summed E-state index contributed by atoms with van der Waals surface area (Å²) in [7, 11) is 0. The number of ether oxygens (including phenoxy) is 2. The molecule has 0 bridgehead atoms. The number of hydrogen-bond acceptors (Lipinski definition) is 6. The smallest absolute Gasteiger partial charge is 0.229 e. The highest BCUT2D eigenvalue weighted by Crippen LogP contribution is 2.43. The van der Waals surface area contributed by atoms with Gasteiger partial charge >= 0.3 is 0 Å². The lowest BCUT2D eigenvalue weighted by Crippen LogP contribution is -2.51. The number of β-amino-alcohol motifs (C(OH)–C–C–N with tert-alkyl or cyclic N) is 1. The first-order valence-corrected chi connectivity index (χ1v) is 14.0. The summed E-state index contributed by atoms with van der Waals surface area (Å²) in [5, 5.41) is 23.5. The lowest BCUT2D eigenvalue weighted by molar-refractivity contribution is -0.128. The van der Waals surface area contributed by atoms with Crippen LogP contribution in [0.25, 0.3) is 0 Å². The summed E-state index contributed by atoms with van der Waals surface area (Å²) in [6, 6.07) is 20.4. The van der Waals surface area contributed by atoms with Crippen molar-refractivity contribution in [2.24, 2.45) is 11.8 Å². The van der Waals surface area contributed by atoms with Gasteiger partial charge in [-0.05, 0) is 55.8 Å². The first-order valence-electron chi connectivity index (χ1n) is 14.0. The monoisotopic (exact) mass is 506 g/mol. The van der Waals surface area contributed by atoms with Gasteiger partial charge in [-0.15, -0.1) is 0 Å². The molecule has 0 amide bonds. The van der Waals surface area contributed by atoms with Crippen LogP contribution in [-0.2, 0) is 21.5 Å². The quantitative estimate of drug-likeness (QED) is 0.505. The first-order chi connectivity index (χ1) is 18.1. The maximum absolute atomic E-state index is 12.0. The van der Waals surface area contributed by atoms with E-state index in [4.69, 9.17) is 9.47 Å². The third kappa shape index (κ3) is 6.37. The van der Waals surface area contributed by atoms with Gasteiger partial charge in [-0.1, -0.05) is 73.5 Å². The maximum Gasteiger partial charge on any atom is 0.229 e. The van der Waals surface area contributed by atoms with Gasteiger partial charge in [-0.3, -0.25) is 4.90 Å². The van der Waals surface area contributed by atoms with Crippen LogP contribution in [0.5, 0.6) is 0 Å². The topological polar surface area (TPSA) is 65.4 Å². The van der Waals surface area contributed by atoms with Crippen LogP contribution in [0.1, 0.15) is 43.2 Å². The molecule has 2 heterocycles. The van der Waals surface area contributed by atoms with Gasteiger partial charge in [-0.25, -0.2) is 0 Å². The molecule has 2 N–H and O–H groups in total. The molecule has 2 aromatic rings. The lowest BCUT2D eigenvalue weighted by Gasteiger charge is -2.40. The molecule has 0 aromatic heterocycles. The summed E-state index contributed by atoms with van der Waals surface area (Å²) >= 11 is 0. The molecule has 2 fully saturated rings. The molecule has 0 spiro atoms. The normalized spacial score (nSPS) is 22.9. The standard InChI is InChI=1S/C31H42N2O4/c34-30(31(35,28-14-7-8-15-28)27-12-5-2-6-13-27)22-33-17-9-16-32(18-19-33)21-26(29-23-36-24-37-29)20-25-10-3-1-4-11-25/h1-6,10-13,23,26,28,30,34-35H,7-9,14-22,24H2. The van der Waals surface area contributed by atoms with Crippen LogP contribution < -0.4 is 0 Å². The number of hydrogen-bond donors (Lipinski definition) is 2. The van der Waals surface area contributed by atoms with E-state index in [1.54, 1.807) is 6.26 Å². The molecule has 6 heteroatoms. The van der Waals surface area contributed by atoms with Crippen molar-refractivity contribution in [2.75, 3.05) is 46.1 Å². The minimum absolute atomic E-state index is 0.106. The molecule has 1 saturated heterocycles. The van der Waals surface area contributed by atoms with Crippen molar-refractivity contribution in [1.29, 1.82) is 0 Å². The second-order valence-corrected chi connectivity index (χ2v) is 11.0. The molecule has 3 atom stereocenters. The van der Waals surface area contributed by atoms with Crippen LogP contribution in [-0.4, -0.2) is 72.2 Å². The molecule has 2 aliphatic heterocycles. The number of rotatable bonds is 10. The van der Waals surface area contributed by atoms with E-state index in [2.05, 4.69) is 40.1 Å². The average Bonchev–Trinajstić information content (AvgIpc) is 3.63. The Morgan fingerprint density at radius 2 is 1.49 bits per heavy atom. The molecule has 3 unspecified atom stereocenters. The Balaban J connectivity index is 1.22. The fraction of sp³-hybridized carbons (Fsp3) is 0.548. The predicted molar refractivity (Wildman–Crippen MR) is 145 cm³/mol. The van der Waals surface area contributed by atoms with Gasteiger partial charge in [0.25, 0.3) is 0 Å². The molecule has 6 nitrogen and oxygen atoms in total. The van der Waals surface area contributed by atoms with Gasteiger partial charge in [0, 0.05) is 32.1 Å². The molecule has 1 saturated carbocycles. The molecule has 0 radical (unpaired) electrons. The fourth-order valence-corrected chi connectivity index (χ4v) is 6.48. The highest BCUT2D eigenvalue weighted by atomic mass is 16.7. The Morgan fingerprint density at radius 3 is 2.14 bits per heavy atom. The van der Waals surface area contributed by atoms with E-state index in [0.29, 0.717) is 13.3 Å². The zero-order chi connectivity index (χ0) is 25.5. The Kier molecular flexibility index (Phi) is 8.82. The van der Waals surface area contributed by atoms with Crippen LogP contribution in [0.2, 0.25) is 0 Å². The van der Waals surface area contributed by atoms with Crippen molar-refractivity contribution in [3.63, 3.8) is 0 Å². The van der Waals surface area contributed by atoms with E-state index in [0.717, 1.165) is 82.6 Å². The van der Waals surface area contributed by atoms with Crippen LogP contribution >= 0.6 is 0 Å². The van der Waals surface area contributed by atoms with Crippen LogP contribution in [0.3, 0.4) is 0 Å². The molecule has 37 heavy (non-hydrogen) atoms. The summed E-state index contributed by atoms with van der Waals surface area (Å²) in [6.45, 7) is 5.45. The Morgan fingerprint density at radius 1 is 0.838 bits per heavy atom. The van der Waals surface area contributed by atoms with Crippen molar-refractivity contribution in [2.45, 2.75) is 50.2 Å². The van der Waals surface area contributed by atoms with Crippen LogP contribution in [0.4, 0.5) is 0 Å². The first kappa shape index (κ1) is 26.2. The largest absolute Gasteiger partial charge is 0.462 e. The van der Waals surface area contributed by atoms with E-state index in [1.165, 1.54) is 5.56 Å². The lowest BCUT2D eigenvalue weighted by atomic mass is 9.76. The Bertz CT molecular complexity index is 995. The Labute approximate surface area is 221 Å². The zero-order valence-electron chi connectivity index (χ0n) is 21.9. The van der Waals surface area contributed by atoms with E-state index in [1.807, 2.05) is 30.3 Å². The molecule has 200 valence electrons. The number of aliphatic hydroxyl groups excluding tert-OH is 1. The molecule has 5 rings (SSSR count). The summed E-state index contributed by atoms with van der Waals surface area (Å²) in [4.78, 5) is 4.86. The van der Waals surface area contributed by atoms with Gasteiger partial charge in [0.2, 0.25) is 6.79 Å². The van der Waals surface area contributed by atoms with Crippen molar-refractivity contribution in [1.82, 2.24) is 9.80 Å². The minimum Gasteiger partial charge on any atom is -0.462 e. The van der Waals surface area contributed by atoms with E-state index < -0.39 is 11.7 Å². The van der Waals surface area contributed by atoms with Gasteiger partial charge < -0.3 is 24.6 Å². The van der Waals surface area contributed by atoms with E-state index >= 15 is 0 Å². The average molecular weight is 507 g/mol. The van der Waals surface area contributed by atoms with Crippen molar-refractivity contribution in [3.8, 4) is 0 Å². The van der Waals surface area contributed by atoms with Crippen LogP contribution in [0, 0.1) is 11.8 Å². The number of nitrogens with zero attached hydrogens (tertiary/aromatic N) is 2. The molecule has 1 aliphatic carbocycles. The third-order valence-corrected chi connectivity index (χ3v) is 8.53. The van der Waals surface area contributed by atoms with E-state index in [-0.39, 0.29) is 11.8 Å². The van der Waals surface area contributed by atoms with E-state index in [9.17, 15) is 10.2 Å². The second kappa shape index (κ2) is 12.4. The third-order valence-electron chi connectivity index (χ3n) is 8.53. The van der Waals surface area contributed by atoms with Gasteiger partial charge in [0.1, 0.15) is 17.6 Å². The van der Waals surface area contributed by atoms with Gasteiger partial charge in [0.05, 0.1) is 6.10 Å². The summed E-state index contributed by atoms with van der Waals surface area (Å²) < 4.78 is 11.2. The summed E-state index contributed by atoms with van der Waals surface area (Å²) in [6.07, 6.45) is 7.11. The maximum atomic E-state index is 12.0.